The maximum Gasteiger partial charge on any atom is 0.0380 e. The third-order valence-corrected chi connectivity index (χ3v) is 4.00. The van der Waals surface area contributed by atoms with E-state index in [-0.39, 0.29) is 0 Å². The molecular weight excluding hydrogens is 210 g/mol. The van der Waals surface area contributed by atoms with Crippen molar-refractivity contribution in [2.24, 2.45) is 5.92 Å². The first-order valence-electron chi connectivity index (χ1n) is 6.66. The van der Waals surface area contributed by atoms with Crippen molar-refractivity contribution < 1.29 is 0 Å². The Labute approximate surface area is 104 Å². The van der Waals surface area contributed by atoms with E-state index in [4.69, 9.17) is 5.73 Å². The lowest BCUT2D eigenvalue weighted by Gasteiger charge is -2.22. The molecule has 0 aromatic carbocycles. The van der Waals surface area contributed by atoms with Crippen molar-refractivity contribution in [2.75, 3.05) is 12.3 Å². The van der Waals surface area contributed by atoms with Crippen LogP contribution in [0.1, 0.15) is 44.6 Å². The molecular formula is C14H23N3. The van der Waals surface area contributed by atoms with Gasteiger partial charge in [0.1, 0.15) is 0 Å². The Morgan fingerprint density at radius 1 is 1.47 bits per heavy atom. The smallest absolute Gasteiger partial charge is 0.0380 e. The Bertz CT molecular complexity index is 364. The number of nitrogens with zero attached hydrogens (tertiary/aromatic N) is 1. The predicted molar refractivity (Wildman–Crippen MR) is 71.9 cm³/mol. The van der Waals surface area contributed by atoms with Crippen LogP contribution in [0.15, 0.2) is 18.5 Å². The largest absolute Gasteiger partial charge is 0.398 e. The van der Waals surface area contributed by atoms with Crippen molar-refractivity contribution in [1.29, 1.82) is 0 Å². The van der Waals surface area contributed by atoms with Crippen LogP contribution in [0.3, 0.4) is 0 Å². The second-order valence-corrected chi connectivity index (χ2v) is 5.11. The summed E-state index contributed by atoms with van der Waals surface area (Å²) in [5.41, 5.74) is 8.18. The molecule has 0 bridgehead atoms. The lowest BCUT2D eigenvalue weighted by atomic mass is 9.89. The first kappa shape index (κ1) is 12.4. The van der Waals surface area contributed by atoms with Gasteiger partial charge in [0, 0.05) is 24.1 Å². The van der Waals surface area contributed by atoms with Crippen LogP contribution in [0.2, 0.25) is 0 Å². The highest BCUT2D eigenvalue weighted by atomic mass is 14.9. The van der Waals surface area contributed by atoms with Crippen molar-refractivity contribution >= 4 is 5.69 Å². The standard InChI is InChI=1S/C14H23N3/c1-3-7-17-14-5-4-11(10(14)2)12-9-16-8-6-13(12)15/h6,8-11,14,17H,3-5,7H2,1-2H3,(H2,15,16). The number of nitrogens with one attached hydrogen (secondary N) is 1. The highest BCUT2D eigenvalue weighted by Crippen LogP contribution is 2.41. The van der Waals surface area contributed by atoms with Gasteiger partial charge < -0.3 is 11.1 Å². The summed E-state index contributed by atoms with van der Waals surface area (Å²) in [4.78, 5) is 4.21. The van der Waals surface area contributed by atoms with Gasteiger partial charge in [-0.25, -0.2) is 0 Å². The van der Waals surface area contributed by atoms with Crippen LogP contribution in [-0.2, 0) is 0 Å². The summed E-state index contributed by atoms with van der Waals surface area (Å²) in [7, 11) is 0. The molecule has 94 valence electrons. The number of nitrogen functional groups attached to an aromatic ring is 1. The molecule has 1 aliphatic carbocycles. The van der Waals surface area contributed by atoms with E-state index < -0.39 is 0 Å². The maximum atomic E-state index is 6.05. The van der Waals surface area contributed by atoms with Gasteiger partial charge in [-0.1, -0.05) is 13.8 Å². The average molecular weight is 233 g/mol. The van der Waals surface area contributed by atoms with Gasteiger partial charge in [-0.2, -0.15) is 0 Å². The van der Waals surface area contributed by atoms with Gasteiger partial charge in [0.25, 0.3) is 0 Å². The molecule has 1 heterocycles. The Morgan fingerprint density at radius 3 is 3.00 bits per heavy atom. The zero-order valence-corrected chi connectivity index (χ0v) is 10.8. The molecule has 1 aromatic heterocycles. The van der Waals surface area contributed by atoms with E-state index >= 15 is 0 Å². The Hall–Kier alpha value is -1.09. The van der Waals surface area contributed by atoms with E-state index in [1.165, 1.54) is 24.8 Å². The van der Waals surface area contributed by atoms with E-state index in [0.29, 0.717) is 17.9 Å². The van der Waals surface area contributed by atoms with E-state index in [9.17, 15) is 0 Å². The predicted octanol–water partition coefficient (Wildman–Crippen LogP) is 2.55. The second kappa shape index (κ2) is 5.50. The molecule has 0 radical (unpaired) electrons. The Balaban J connectivity index is 2.07. The maximum absolute atomic E-state index is 6.05. The van der Waals surface area contributed by atoms with Crippen molar-refractivity contribution in [3.63, 3.8) is 0 Å². The van der Waals surface area contributed by atoms with Gasteiger partial charge in [-0.3, -0.25) is 4.98 Å². The topological polar surface area (TPSA) is 50.9 Å². The average Bonchev–Trinajstić information content (AvgIpc) is 2.69. The molecule has 2 rings (SSSR count). The highest BCUT2D eigenvalue weighted by Gasteiger charge is 2.34. The number of rotatable bonds is 4. The minimum Gasteiger partial charge on any atom is -0.398 e. The fourth-order valence-electron chi connectivity index (χ4n) is 2.95. The first-order valence-corrected chi connectivity index (χ1v) is 6.66. The molecule has 3 nitrogen and oxygen atoms in total. The molecule has 1 saturated carbocycles. The summed E-state index contributed by atoms with van der Waals surface area (Å²) < 4.78 is 0. The minimum absolute atomic E-state index is 0.568. The third-order valence-electron chi connectivity index (χ3n) is 4.00. The summed E-state index contributed by atoms with van der Waals surface area (Å²) in [5.74, 6) is 1.21. The summed E-state index contributed by atoms with van der Waals surface area (Å²) in [6, 6.07) is 2.55. The fraction of sp³-hybridized carbons (Fsp3) is 0.643. The van der Waals surface area contributed by atoms with Gasteiger partial charge in [-0.05, 0) is 49.3 Å². The van der Waals surface area contributed by atoms with Crippen LogP contribution in [0.5, 0.6) is 0 Å². The van der Waals surface area contributed by atoms with E-state index in [0.717, 1.165) is 12.2 Å². The number of aromatic nitrogens is 1. The molecule has 0 amide bonds. The molecule has 1 fully saturated rings. The van der Waals surface area contributed by atoms with Gasteiger partial charge in [-0.15, -0.1) is 0 Å². The van der Waals surface area contributed by atoms with E-state index in [1.807, 2.05) is 12.3 Å². The van der Waals surface area contributed by atoms with Crippen molar-refractivity contribution in [3.05, 3.63) is 24.0 Å². The van der Waals surface area contributed by atoms with Crippen LogP contribution in [0.25, 0.3) is 0 Å². The summed E-state index contributed by atoms with van der Waals surface area (Å²) >= 11 is 0. The van der Waals surface area contributed by atoms with Gasteiger partial charge in [0.15, 0.2) is 0 Å². The monoisotopic (exact) mass is 233 g/mol. The number of anilines is 1. The summed E-state index contributed by atoms with van der Waals surface area (Å²) in [6.45, 7) is 5.66. The molecule has 3 atom stereocenters. The van der Waals surface area contributed by atoms with E-state index in [2.05, 4.69) is 24.1 Å². The molecule has 0 spiro atoms. The van der Waals surface area contributed by atoms with Crippen LogP contribution >= 0.6 is 0 Å². The lowest BCUT2D eigenvalue weighted by Crippen LogP contribution is -2.32. The zero-order chi connectivity index (χ0) is 12.3. The number of nitrogens with two attached hydrogens (primary N) is 1. The van der Waals surface area contributed by atoms with Crippen LogP contribution in [-0.4, -0.2) is 17.6 Å². The van der Waals surface area contributed by atoms with Gasteiger partial charge in [0.05, 0.1) is 0 Å². The molecule has 1 aliphatic rings. The Kier molecular flexibility index (Phi) is 4.00. The number of hydrogen-bond donors (Lipinski definition) is 2. The Morgan fingerprint density at radius 2 is 2.29 bits per heavy atom. The normalized spacial score (nSPS) is 28.5. The number of pyridine rings is 1. The van der Waals surface area contributed by atoms with Gasteiger partial charge >= 0.3 is 0 Å². The van der Waals surface area contributed by atoms with Crippen LogP contribution < -0.4 is 11.1 Å². The van der Waals surface area contributed by atoms with Gasteiger partial charge in [0.2, 0.25) is 0 Å². The molecule has 3 N–H and O–H groups in total. The van der Waals surface area contributed by atoms with Crippen molar-refractivity contribution in [1.82, 2.24) is 10.3 Å². The van der Waals surface area contributed by atoms with Crippen molar-refractivity contribution in [3.8, 4) is 0 Å². The molecule has 1 aromatic rings. The van der Waals surface area contributed by atoms with Crippen LogP contribution in [0, 0.1) is 5.92 Å². The molecule has 3 unspecified atom stereocenters. The first-order chi connectivity index (χ1) is 8.24. The SMILES string of the molecule is CCCNC1CCC(c2cnccc2N)C1C. The molecule has 0 saturated heterocycles. The summed E-state index contributed by atoms with van der Waals surface area (Å²) in [6.07, 6.45) is 7.38. The van der Waals surface area contributed by atoms with Crippen molar-refractivity contribution in [2.45, 2.75) is 45.1 Å². The number of hydrogen-bond acceptors (Lipinski definition) is 3. The molecule has 17 heavy (non-hydrogen) atoms. The highest BCUT2D eigenvalue weighted by molar-refractivity contribution is 5.47. The second-order valence-electron chi connectivity index (χ2n) is 5.11. The summed E-state index contributed by atoms with van der Waals surface area (Å²) in [5, 5.41) is 3.64. The molecule has 3 heteroatoms. The van der Waals surface area contributed by atoms with Crippen LogP contribution in [0.4, 0.5) is 5.69 Å². The molecule has 0 aliphatic heterocycles. The fourth-order valence-corrected chi connectivity index (χ4v) is 2.95. The zero-order valence-electron chi connectivity index (χ0n) is 10.8. The lowest BCUT2D eigenvalue weighted by molar-refractivity contribution is 0.405. The third kappa shape index (κ3) is 2.60. The quantitative estimate of drug-likeness (QED) is 0.840. The van der Waals surface area contributed by atoms with E-state index in [1.54, 1.807) is 6.20 Å². The minimum atomic E-state index is 0.568.